The van der Waals surface area contributed by atoms with E-state index in [0.29, 0.717) is 16.9 Å². The summed E-state index contributed by atoms with van der Waals surface area (Å²) >= 11 is 2.13. The van der Waals surface area contributed by atoms with Gasteiger partial charge >= 0.3 is 6.18 Å². The van der Waals surface area contributed by atoms with Gasteiger partial charge in [0.15, 0.2) is 5.65 Å². The highest BCUT2D eigenvalue weighted by Crippen LogP contribution is 2.31. The first-order valence-electron chi connectivity index (χ1n) is 6.05. The molecule has 3 rings (SSSR count). The van der Waals surface area contributed by atoms with Crippen molar-refractivity contribution in [3.63, 3.8) is 0 Å². The summed E-state index contributed by atoms with van der Waals surface area (Å²) in [5.74, 6) is 0. The number of aromatic nitrogens is 3. The van der Waals surface area contributed by atoms with Crippen LogP contribution in [0.3, 0.4) is 0 Å². The van der Waals surface area contributed by atoms with E-state index in [1.165, 1.54) is 12.1 Å². The Morgan fingerprint density at radius 1 is 1.14 bits per heavy atom. The third kappa shape index (κ3) is 2.61. The Kier molecular flexibility index (Phi) is 3.39. The monoisotopic (exact) mass is 403 g/mol. The van der Waals surface area contributed by atoms with Gasteiger partial charge in [-0.3, -0.25) is 0 Å². The van der Waals surface area contributed by atoms with Crippen LogP contribution in [0.5, 0.6) is 0 Å². The van der Waals surface area contributed by atoms with E-state index < -0.39 is 11.7 Å². The lowest BCUT2D eigenvalue weighted by molar-refractivity contribution is -0.137. The molecule has 1 aromatic carbocycles. The Morgan fingerprint density at radius 3 is 2.43 bits per heavy atom. The molecule has 0 atom stereocenters. The topological polar surface area (TPSA) is 30.2 Å². The lowest BCUT2D eigenvalue weighted by Gasteiger charge is -2.08. The van der Waals surface area contributed by atoms with E-state index >= 15 is 0 Å². The quantitative estimate of drug-likeness (QED) is 0.567. The van der Waals surface area contributed by atoms with Crippen molar-refractivity contribution in [1.29, 1.82) is 0 Å². The summed E-state index contributed by atoms with van der Waals surface area (Å²) in [6, 6.07) is 6.81. The molecule has 21 heavy (non-hydrogen) atoms. The highest BCUT2D eigenvalue weighted by Gasteiger charge is 2.30. The molecule has 0 bridgehead atoms. The van der Waals surface area contributed by atoms with Crippen LogP contribution in [0.15, 0.2) is 36.5 Å². The first-order valence-corrected chi connectivity index (χ1v) is 7.12. The molecule has 0 N–H and O–H groups in total. The van der Waals surface area contributed by atoms with Crippen LogP contribution in [0.2, 0.25) is 0 Å². The van der Waals surface area contributed by atoms with Gasteiger partial charge in [-0.2, -0.15) is 18.3 Å². The maximum atomic E-state index is 12.6. The molecule has 0 fully saturated rings. The van der Waals surface area contributed by atoms with Gasteiger partial charge in [-0.1, -0.05) is 12.1 Å². The average Bonchev–Trinajstić information content (AvgIpc) is 2.80. The predicted octanol–water partition coefficient (Wildman–Crippen LogP) is 4.33. The smallest absolute Gasteiger partial charge is 0.227 e. The van der Waals surface area contributed by atoms with Gasteiger partial charge in [0.05, 0.1) is 21.0 Å². The summed E-state index contributed by atoms with van der Waals surface area (Å²) in [6.45, 7) is 1.88. The molecule has 0 radical (unpaired) electrons. The highest BCUT2D eigenvalue weighted by molar-refractivity contribution is 14.1. The summed E-state index contributed by atoms with van der Waals surface area (Å²) in [7, 11) is 0. The van der Waals surface area contributed by atoms with Crippen molar-refractivity contribution in [3.05, 3.63) is 51.4 Å². The minimum atomic E-state index is -4.33. The van der Waals surface area contributed by atoms with Gasteiger partial charge in [0.25, 0.3) is 0 Å². The lowest BCUT2D eigenvalue weighted by Crippen LogP contribution is -2.04. The Morgan fingerprint density at radius 2 is 1.81 bits per heavy atom. The summed E-state index contributed by atoms with van der Waals surface area (Å²) in [5.41, 5.74) is 2.18. The second kappa shape index (κ2) is 4.97. The van der Waals surface area contributed by atoms with Crippen molar-refractivity contribution in [1.82, 2.24) is 14.6 Å². The molecule has 0 unspecified atom stereocenters. The summed E-state index contributed by atoms with van der Waals surface area (Å²) < 4.78 is 40.3. The number of nitrogens with zero attached hydrogens (tertiary/aromatic N) is 3. The van der Waals surface area contributed by atoms with Crippen LogP contribution < -0.4 is 0 Å². The molecule has 0 spiro atoms. The zero-order valence-corrected chi connectivity index (χ0v) is 13.0. The largest absolute Gasteiger partial charge is 0.416 e. The number of alkyl halides is 3. The van der Waals surface area contributed by atoms with Crippen molar-refractivity contribution in [2.45, 2.75) is 13.1 Å². The lowest BCUT2D eigenvalue weighted by atomic mass is 10.1. The molecule has 0 aliphatic carbocycles. The third-order valence-electron chi connectivity index (χ3n) is 3.11. The minimum Gasteiger partial charge on any atom is -0.227 e. The number of benzene rings is 1. The number of halogens is 4. The van der Waals surface area contributed by atoms with Crippen LogP contribution in [0.4, 0.5) is 13.2 Å². The molecule has 0 amide bonds. The normalized spacial score (nSPS) is 12.0. The number of hydrogen-bond acceptors (Lipinski definition) is 2. The van der Waals surface area contributed by atoms with E-state index in [2.05, 4.69) is 32.7 Å². The second-order valence-corrected chi connectivity index (χ2v) is 5.75. The van der Waals surface area contributed by atoms with E-state index in [1.807, 2.05) is 6.92 Å². The standard InChI is InChI=1S/C14H9F3IN3/c1-8-6-12(20-13-11(18)7-19-21(8)13)9-2-4-10(5-3-9)14(15,16)17/h2-7H,1H3. The van der Waals surface area contributed by atoms with Crippen molar-refractivity contribution < 1.29 is 13.2 Å². The zero-order chi connectivity index (χ0) is 15.2. The molecule has 7 heteroatoms. The average molecular weight is 403 g/mol. The van der Waals surface area contributed by atoms with Gasteiger partial charge in [0.1, 0.15) is 0 Å². The van der Waals surface area contributed by atoms with Crippen molar-refractivity contribution in [2.75, 3.05) is 0 Å². The number of fused-ring (bicyclic) bond motifs is 1. The summed E-state index contributed by atoms with van der Waals surface area (Å²) in [4.78, 5) is 4.47. The molecule has 0 saturated carbocycles. The third-order valence-corrected chi connectivity index (χ3v) is 3.88. The maximum absolute atomic E-state index is 12.6. The number of hydrogen-bond donors (Lipinski definition) is 0. The van der Waals surface area contributed by atoms with E-state index in [0.717, 1.165) is 21.4 Å². The Hall–Kier alpha value is -1.64. The molecule has 0 saturated heterocycles. The SMILES string of the molecule is Cc1cc(-c2ccc(C(F)(F)F)cc2)nc2c(I)cnn12. The number of rotatable bonds is 1. The van der Waals surface area contributed by atoms with Gasteiger partial charge in [-0.15, -0.1) is 0 Å². The Bertz CT molecular complexity index is 807. The molecule has 3 nitrogen and oxygen atoms in total. The number of aryl methyl sites for hydroxylation is 1. The van der Waals surface area contributed by atoms with E-state index in [-0.39, 0.29) is 0 Å². The molecule has 2 aromatic heterocycles. The molecule has 0 aliphatic heterocycles. The van der Waals surface area contributed by atoms with Gasteiger partial charge in [0.2, 0.25) is 0 Å². The molecule has 3 aromatic rings. The fraction of sp³-hybridized carbons (Fsp3) is 0.143. The van der Waals surface area contributed by atoms with Gasteiger partial charge < -0.3 is 0 Å². The predicted molar refractivity (Wildman–Crippen MR) is 80.9 cm³/mol. The molecule has 108 valence electrons. The molecular formula is C14H9F3IN3. The highest BCUT2D eigenvalue weighted by atomic mass is 127. The maximum Gasteiger partial charge on any atom is 0.416 e. The van der Waals surface area contributed by atoms with Gasteiger partial charge in [-0.25, -0.2) is 9.50 Å². The fourth-order valence-electron chi connectivity index (χ4n) is 2.06. The van der Waals surface area contributed by atoms with Gasteiger partial charge in [0, 0.05) is 11.3 Å². The molecule has 0 aliphatic rings. The van der Waals surface area contributed by atoms with Crippen molar-refractivity contribution >= 4 is 28.2 Å². The second-order valence-electron chi connectivity index (χ2n) is 4.59. The Labute approximate surface area is 132 Å². The van der Waals surface area contributed by atoms with E-state index in [9.17, 15) is 13.2 Å². The first-order chi connectivity index (χ1) is 9.86. The van der Waals surface area contributed by atoms with Crippen LogP contribution in [0.25, 0.3) is 16.9 Å². The Balaban J connectivity index is 2.10. The van der Waals surface area contributed by atoms with Crippen LogP contribution in [0.1, 0.15) is 11.3 Å². The summed E-state index contributed by atoms with van der Waals surface area (Å²) in [5, 5.41) is 4.20. The fourth-order valence-corrected chi connectivity index (χ4v) is 2.54. The van der Waals surface area contributed by atoms with Crippen LogP contribution in [0, 0.1) is 10.5 Å². The van der Waals surface area contributed by atoms with Crippen LogP contribution >= 0.6 is 22.6 Å². The van der Waals surface area contributed by atoms with Crippen molar-refractivity contribution in [2.24, 2.45) is 0 Å². The van der Waals surface area contributed by atoms with Gasteiger partial charge in [-0.05, 0) is 47.7 Å². The molecule has 2 heterocycles. The minimum absolute atomic E-state index is 0.632. The van der Waals surface area contributed by atoms with Crippen LogP contribution in [-0.4, -0.2) is 14.6 Å². The molecular weight excluding hydrogens is 394 g/mol. The zero-order valence-electron chi connectivity index (χ0n) is 10.8. The first kappa shape index (κ1) is 14.3. The van der Waals surface area contributed by atoms with Crippen molar-refractivity contribution in [3.8, 4) is 11.3 Å². The van der Waals surface area contributed by atoms with Crippen LogP contribution in [-0.2, 0) is 6.18 Å². The summed E-state index contributed by atoms with van der Waals surface area (Å²) in [6.07, 6.45) is -2.63. The van der Waals surface area contributed by atoms with E-state index in [1.54, 1.807) is 16.8 Å². The van der Waals surface area contributed by atoms with E-state index in [4.69, 9.17) is 0 Å².